The Kier molecular flexibility index (Phi) is 2.72. The number of rotatable bonds is 2. The van der Waals surface area contributed by atoms with Gasteiger partial charge in [-0.25, -0.2) is 19.6 Å². The molecule has 0 saturated carbocycles. The summed E-state index contributed by atoms with van der Waals surface area (Å²) < 4.78 is 1.33. The Morgan fingerprint density at radius 1 is 1.23 bits per heavy atom. The van der Waals surface area contributed by atoms with E-state index in [-0.39, 0.29) is 12.1 Å². The van der Waals surface area contributed by atoms with Gasteiger partial charge < -0.3 is 4.98 Å². The number of aryl methyl sites for hydroxylation is 1. The molecule has 1 N–H and O–H groups in total. The van der Waals surface area contributed by atoms with Crippen LogP contribution in [0.3, 0.4) is 0 Å². The first-order chi connectivity index (χ1) is 10.7. The standard InChI is InChI=1S/C15H12N6O/c1-9-10-4-2-3-5-11(10)20-13(19-9)7-21-15(22)14-12(6-18-21)16-8-17-14/h2-6,8H,7H2,1H3,(H,16,17). The lowest BCUT2D eigenvalue weighted by Gasteiger charge is -2.06. The van der Waals surface area contributed by atoms with Crippen LogP contribution >= 0.6 is 0 Å². The maximum atomic E-state index is 12.3. The quantitative estimate of drug-likeness (QED) is 0.603. The molecule has 4 aromatic rings. The molecule has 0 aliphatic carbocycles. The van der Waals surface area contributed by atoms with Crippen LogP contribution < -0.4 is 5.56 Å². The Labute approximate surface area is 124 Å². The van der Waals surface area contributed by atoms with E-state index in [2.05, 4.69) is 25.0 Å². The van der Waals surface area contributed by atoms with Gasteiger partial charge in [0.1, 0.15) is 6.54 Å². The monoisotopic (exact) mass is 292 g/mol. The van der Waals surface area contributed by atoms with E-state index in [1.54, 1.807) is 6.20 Å². The first kappa shape index (κ1) is 12.6. The summed E-state index contributed by atoms with van der Waals surface area (Å²) in [6, 6.07) is 7.80. The highest BCUT2D eigenvalue weighted by Gasteiger charge is 2.09. The number of aromatic nitrogens is 6. The third-order valence-electron chi connectivity index (χ3n) is 3.56. The van der Waals surface area contributed by atoms with Crippen molar-refractivity contribution in [2.45, 2.75) is 13.5 Å². The molecule has 0 bridgehead atoms. The zero-order chi connectivity index (χ0) is 15.1. The zero-order valence-corrected chi connectivity index (χ0v) is 11.8. The Bertz CT molecular complexity index is 1050. The molecule has 3 heterocycles. The van der Waals surface area contributed by atoms with Gasteiger partial charge in [-0.3, -0.25) is 4.79 Å². The number of nitrogens with zero attached hydrogens (tertiary/aromatic N) is 5. The molecule has 1 aromatic carbocycles. The zero-order valence-electron chi connectivity index (χ0n) is 11.8. The number of H-pyrrole nitrogens is 1. The Balaban J connectivity index is 1.82. The molecule has 0 radical (unpaired) electrons. The molecule has 22 heavy (non-hydrogen) atoms. The molecule has 0 fully saturated rings. The van der Waals surface area contributed by atoms with Gasteiger partial charge in [0, 0.05) is 11.1 Å². The van der Waals surface area contributed by atoms with Gasteiger partial charge in [-0.1, -0.05) is 18.2 Å². The third-order valence-corrected chi connectivity index (χ3v) is 3.56. The number of fused-ring (bicyclic) bond motifs is 2. The molecular formula is C15H12N6O. The molecule has 0 aliphatic heterocycles. The summed E-state index contributed by atoms with van der Waals surface area (Å²) in [6.07, 6.45) is 3.06. The third kappa shape index (κ3) is 1.95. The molecule has 108 valence electrons. The predicted molar refractivity (Wildman–Crippen MR) is 81.5 cm³/mol. The number of benzene rings is 1. The lowest BCUT2D eigenvalue weighted by atomic mass is 10.2. The molecule has 0 amide bonds. The summed E-state index contributed by atoms with van der Waals surface area (Å²) in [6.45, 7) is 2.15. The van der Waals surface area contributed by atoms with Gasteiger partial charge in [0.2, 0.25) is 0 Å². The van der Waals surface area contributed by atoms with Crippen LogP contribution in [0.5, 0.6) is 0 Å². The van der Waals surface area contributed by atoms with E-state index in [0.717, 1.165) is 16.6 Å². The van der Waals surface area contributed by atoms with Crippen molar-refractivity contribution < 1.29 is 0 Å². The highest BCUT2D eigenvalue weighted by Crippen LogP contribution is 2.14. The second kappa shape index (κ2) is 4.73. The number of hydrogen-bond donors (Lipinski definition) is 1. The van der Waals surface area contributed by atoms with E-state index in [4.69, 9.17) is 0 Å². The van der Waals surface area contributed by atoms with Crippen LogP contribution in [0, 0.1) is 6.92 Å². The fourth-order valence-corrected chi connectivity index (χ4v) is 2.49. The smallest absolute Gasteiger partial charge is 0.295 e. The molecule has 7 nitrogen and oxygen atoms in total. The number of aromatic amines is 1. The summed E-state index contributed by atoms with van der Waals surface area (Å²) in [5, 5.41) is 5.15. The molecule has 0 spiro atoms. The van der Waals surface area contributed by atoms with Crippen molar-refractivity contribution in [3.05, 3.63) is 58.7 Å². The summed E-state index contributed by atoms with van der Waals surface area (Å²) >= 11 is 0. The van der Waals surface area contributed by atoms with Crippen LogP contribution in [-0.2, 0) is 6.54 Å². The maximum Gasteiger partial charge on any atom is 0.295 e. The van der Waals surface area contributed by atoms with Crippen LogP contribution in [-0.4, -0.2) is 29.7 Å². The Morgan fingerprint density at radius 2 is 2.09 bits per heavy atom. The van der Waals surface area contributed by atoms with Crippen LogP contribution in [0.15, 0.2) is 41.6 Å². The van der Waals surface area contributed by atoms with Crippen LogP contribution in [0.2, 0.25) is 0 Å². The summed E-state index contributed by atoms with van der Waals surface area (Å²) in [5.74, 6) is 0.556. The van der Waals surface area contributed by atoms with Crippen LogP contribution in [0.4, 0.5) is 0 Å². The van der Waals surface area contributed by atoms with Gasteiger partial charge in [0.15, 0.2) is 11.3 Å². The minimum atomic E-state index is -0.256. The van der Waals surface area contributed by atoms with Crippen molar-refractivity contribution in [3.63, 3.8) is 0 Å². The lowest BCUT2D eigenvalue weighted by molar-refractivity contribution is 0.621. The normalized spacial score (nSPS) is 11.3. The van der Waals surface area contributed by atoms with Gasteiger partial charge in [0.05, 0.1) is 23.6 Å². The molecule has 3 aromatic heterocycles. The molecule has 0 aliphatic rings. The first-order valence-corrected chi connectivity index (χ1v) is 6.84. The van der Waals surface area contributed by atoms with Crippen LogP contribution in [0.1, 0.15) is 11.5 Å². The molecule has 0 saturated heterocycles. The summed E-state index contributed by atoms with van der Waals surface area (Å²) in [7, 11) is 0. The van der Waals surface area contributed by atoms with Crippen LogP contribution in [0.25, 0.3) is 21.9 Å². The van der Waals surface area contributed by atoms with E-state index >= 15 is 0 Å². The molecule has 4 rings (SSSR count). The van der Waals surface area contributed by atoms with Crippen molar-refractivity contribution in [3.8, 4) is 0 Å². The Morgan fingerprint density at radius 3 is 3.00 bits per heavy atom. The largest absolute Gasteiger partial charge is 0.343 e. The topological polar surface area (TPSA) is 89.4 Å². The second-order valence-electron chi connectivity index (χ2n) is 5.01. The van der Waals surface area contributed by atoms with E-state index in [9.17, 15) is 4.79 Å². The van der Waals surface area contributed by atoms with Gasteiger partial charge in [-0.15, -0.1) is 0 Å². The highest BCUT2D eigenvalue weighted by atomic mass is 16.1. The van der Waals surface area contributed by atoms with Crippen molar-refractivity contribution >= 4 is 21.9 Å². The van der Waals surface area contributed by atoms with E-state index in [0.29, 0.717) is 16.9 Å². The lowest BCUT2D eigenvalue weighted by Crippen LogP contribution is -2.24. The van der Waals surface area contributed by atoms with E-state index in [1.165, 1.54) is 11.0 Å². The predicted octanol–water partition coefficient (Wildman–Crippen LogP) is 1.42. The minimum Gasteiger partial charge on any atom is -0.343 e. The fraction of sp³-hybridized carbons (Fsp3) is 0.133. The van der Waals surface area contributed by atoms with Gasteiger partial charge in [0.25, 0.3) is 5.56 Å². The number of hydrogen-bond acceptors (Lipinski definition) is 5. The summed E-state index contributed by atoms with van der Waals surface area (Å²) in [4.78, 5) is 28.2. The fourth-order valence-electron chi connectivity index (χ4n) is 2.49. The molecule has 0 unspecified atom stereocenters. The molecular weight excluding hydrogens is 280 g/mol. The number of para-hydroxylation sites is 1. The number of nitrogens with one attached hydrogen (secondary N) is 1. The maximum absolute atomic E-state index is 12.3. The average Bonchev–Trinajstić information content (AvgIpc) is 3.00. The number of imidazole rings is 1. The van der Waals surface area contributed by atoms with E-state index < -0.39 is 0 Å². The van der Waals surface area contributed by atoms with Crippen molar-refractivity contribution in [2.75, 3.05) is 0 Å². The van der Waals surface area contributed by atoms with Gasteiger partial charge >= 0.3 is 0 Å². The summed E-state index contributed by atoms with van der Waals surface area (Å²) in [5.41, 5.74) is 2.48. The van der Waals surface area contributed by atoms with Crippen molar-refractivity contribution in [1.29, 1.82) is 0 Å². The highest BCUT2D eigenvalue weighted by molar-refractivity contribution is 5.80. The van der Waals surface area contributed by atoms with Gasteiger partial charge in [-0.2, -0.15) is 5.10 Å². The van der Waals surface area contributed by atoms with Crippen molar-refractivity contribution in [2.24, 2.45) is 0 Å². The SMILES string of the molecule is Cc1nc(Cn2ncc3[nH]cnc3c2=O)nc2ccccc12. The first-order valence-electron chi connectivity index (χ1n) is 6.84. The van der Waals surface area contributed by atoms with Crippen molar-refractivity contribution in [1.82, 2.24) is 29.7 Å². The second-order valence-corrected chi connectivity index (χ2v) is 5.01. The molecule has 0 atom stereocenters. The Hall–Kier alpha value is -3.09. The minimum absolute atomic E-state index is 0.216. The molecule has 7 heteroatoms. The average molecular weight is 292 g/mol. The van der Waals surface area contributed by atoms with Gasteiger partial charge in [-0.05, 0) is 13.0 Å². The van der Waals surface area contributed by atoms with E-state index in [1.807, 2.05) is 31.2 Å².